The molecule has 0 saturated carbocycles. The van der Waals surface area contributed by atoms with Gasteiger partial charge in [0.05, 0.1) is 0 Å². The van der Waals surface area contributed by atoms with Gasteiger partial charge in [-0.15, -0.1) is 0 Å². The smallest absolute Gasteiger partial charge is 0.253 e. The van der Waals surface area contributed by atoms with Crippen molar-refractivity contribution in [3.8, 4) is 0 Å². The number of carbonyl (C=O) groups is 1. The van der Waals surface area contributed by atoms with Crippen LogP contribution in [-0.2, 0) is 10.8 Å². The van der Waals surface area contributed by atoms with Crippen molar-refractivity contribution in [1.29, 1.82) is 0 Å². The van der Waals surface area contributed by atoms with E-state index in [0.717, 1.165) is 31.5 Å². The van der Waals surface area contributed by atoms with Crippen molar-refractivity contribution in [1.82, 2.24) is 4.90 Å². The maximum Gasteiger partial charge on any atom is 0.253 e. The predicted molar refractivity (Wildman–Crippen MR) is 93.6 cm³/mol. The number of likely N-dealkylation sites (tertiary alicyclic amines) is 1. The molecule has 1 amide bonds. The molecule has 0 spiro atoms. The van der Waals surface area contributed by atoms with Gasteiger partial charge in [0.25, 0.3) is 5.91 Å². The van der Waals surface area contributed by atoms with E-state index in [0.29, 0.717) is 0 Å². The molecule has 1 saturated heterocycles. The standard InChI is InChI=1S/C20H31NO/c1-19(2,3)16-12-15(13-17(14-16)20(4,5)6)18(22)21-10-8-7-9-11-21/h12-14H,7-11H2,1-6H3. The minimum Gasteiger partial charge on any atom is -0.339 e. The summed E-state index contributed by atoms with van der Waals surface area (Å²) in [6, 6.07) is 6.48. The molecular formula is C20H31NO. The van der Waals surface area contributed by atoms with Crippen LogP contribution in [0, 0.1) is 0 Å². The first-order valence-corrected chi connectivity index (χ1v) is 8.54. The second kappa shape index (κ2) is 6.06. The van der Waals surface area contributed by atoms with Crippen molar-refractivity contribution in [2.45, 2.75) is 71.6 Å². The Morgan fingerprint density at radius 2 is 1.27 bits per heavy atom. The Balaban J connectivity index is 2.43. The van der Waals surface area contributed by atoms with Gasteiger partial charge in [-0.25, -0.2) is 0 Å². The van der Waals surface area contributed by atoms with E-state index in [9.17, 15) is 4.79 Å². The second-order valence-corrected chi connectivity index (χ2v) is 8.65. The molecule has 1 heterocycles. The van der Waals surface area contributed by atoms with Crippen LogP contribution in [0.4, 0.5) is 0 Å². The fraction of sp³-hybridized carbons (Fsp3) is 0.650. The third-order valence-corrected chi connectivity index (χ3v) is 4.56. The number of amides is 1. The molecule has 1 aromatic carbocycles. The van der Waals surface area contributed by atoms with Crippen LogP contribution in [0.15, 0.2) is 18.2 Å². The monoisotopic (exact) mass is 301 g/mol. The normalized spacial score (nSPS) is 16.7. The van der Waals surface area contributed by atoms with Crippen molar-refractivity contribution in [2.75, 3.05) is 13.1 Å². The van der Waals surface area contributed by atoms with E-state index in [1.165, 1.54) is 17.5 Å². The van der Waals surface area contributed by atoms with Gasteiger partial charge < -0.3 is 4.90 Å². The summed E-state index contributed by atoms with van der Waals surface area (Å²) in [5.41, 5.74) is 3.47. The maximum absolute atomic E-state index is 12.9. The van der Waals surface area contributed by atoms with Gasteiger partial charge in [-0.3, -0.25) is 4.79 Å². The van der Waals surface area contributed by atoms with Crippen LogP contribution in [0.1, 0.15) is 82.3 Å². The lowest BCUT2D eigenvalue weighted by Gasteiger charge is -2.29. The highest BCUT2D eigenvalue weighted by atomic mass is 16.2. The minimum absolute atomic E-state index is 0.0538. The second-order valence-electron chi connectivity index (χ2n) is 8.65. The molecule has 1 aliphatic rings. The Labute approximate surface area is 135 Å². The van der Waals surface area contributed by atoms with Gasteiger partial charge in [0.15, 0.2) is 0 Å². The Morgan fingerprint density at radius 3 is 1.68 bits per heavy atom. The van der Waals surface area contributed by atoms with Crippen LogP contribution < -0.4 is 0 Å². The average molecular weight is 301 g/mol. The minimum atomic E-state index is 0.0538. The Kier molecular flexibility index (Phi) is 4.70. The molecule has 0 atom stereocenters. The van der Waals surface area contributed by atoms with Gasteiger partial charge in [0.1, 0.15) is 0 Å². The van der Waals surface area contributed by atoms with E-state index in [-0.39, 0.29) is 16.7 Å². The summed E-state index contributed by atoms with van der Waals surface area (Å²) in [5, 5.41) is 0. The van der Waals surface area contributed by atoms with Gasteiger partial charge in [-0.1, -0.05) is 47.6 Å². The molecule has 2 nitrogen and oxygen atoms in total. The highest BCUT2D eigenvalue weighted by Crippen LogP contribution is 2.31. The number of nitrogens with zero attached hydrogens (tertiary/aromatic N) is 1. The zero-order chi connectivity index (χ0) is 16.5. The fourth-order valence-corrected chi connectivity index (χ4v) is 2.90. The summed E-state index contributed by atoms with van der Waals surface area (Å²) in [6.07, 6.45) is 3.52. The summed E-state index contributed by atoms with van der Waals surface area (Å²) < 4.78 is 0. The molecule has 0 aliphatic carbocycles. The number of benzene rings is 1. The van der Waals surface area contributed by atoms with Gasteiger partial charge in [-0.05, 0) is 53.4 Å². The van der Waals surface area contributed by atoms with E-state index >= 15 is 0 Å². The zero-order valence-electron chi connectivity index (χ0n) is 15.1. The SMILES string of the molecule is CC(C)(C)c1cc(C(=O)N2CCCCC2)cc(C(C)(C)C)c1. The summed E-state index contributed by atoms with van der Waals surface area (Å²) in [7, 11) is 0. The highest BCUT2D eigenvalue weighted by molar-refractivity contribution is 5.94. The van der Waals surface area contributed by atoms with Crippen molar-refractivity contribution in [2.24, 2.45) is 0 Å². The van der Waals surface area contributed by atoms with Gasteiger partial charge in [0.2, 0.25) is 0 Å². The zero-order valence-corrected chi connectivity index (χ0v) is 15.1. The van der Waals surface area contributed by atoms with Crippen LogP contribution >= 0.6 is 0 Å². The highest BCUT2D eigenvalue weighted by Gasteiger charge is 2.24. The van der Waals surface area contributed by atoms with Crippen LogP contribution in [0.25, 0.3) is 0 Å². The summed E-state index contributed by atoms with van der Waals surface area (Å²) in [4.78, 5) is 14.9. The third kappa shape index (κ3) is 3.91. The average Bonchev–Trinajstić information content (AvgIpc) is 2.45. The van der Waals surface area contributed by atoms with Crippen molar-refractivity contribution >= 4 is 5.91 Å². The molecule has 2 rings (SSSR count). The van der Waals surface area contributed by atoms with Gasteiger partial charge >= 0.3 is 0 Å². The number of rotatable bonds is 1. The Hall–Kier alpha value is -1.31. The lowest BCUT2D eigenvalue weighted by atomic mass is 9.79. The van der Waals surface area contributed by atoms with E-state index in [1.807, 2.05) is 4.90 Å². The van der Waals surface area contributed by atoms with E-state index in [4.69, 9.17) is 0 Å². The molecule has 0 radical (unpaired) electrons. The topological polar surface area (TPSA) is 20.3 Å². The summed E-state index contributed by atoms with van der Waals surface area (Å²) >= 11 is 0. The molecule has 0 unspecified atom stereocenters. The Bertz CT molecular complexity index is 508. The summed E-state index contributed by atoms with van der Waals surface area (Å²) in [6.45, 7) is 15.1. The van der Waals surface area contributed by atoms with Crippen LogP contribution in [0.2, 0.25) is 0 Å². The van der Waals surface area contributed by atoms with Crippen molar-refractivity contribution in [3.63, 3.8) is 0 Å². The molecule has 1 aromatic rings. The first-order valence-electron chi connectivity index (χ1n) is 8.54. The van der Waals surface area contributed by atoms with E-state index in [1.54, 1.807) is 0 Å². The molecule has 0 aromatic heterocycles. The first kappa shape index (κ1) is 17.1. The maximum atomic E-state index is 12.9. The lowest BCUT2D eigenvalue weighted by Crippen LogP contribution is -2.36. The molecule has 122 valence electrons. The first-order chi connectivity index (χ1) is 10.1. The largest absolute Gasteiger partial charge is 0.339 e. The third-order valence-electron chi connectivity index (χ3n) is 4.56. The van der Waals surface area contributed by atoms with Crippen molar-refractivity contribution in [3.05, 3.63) is 34.9 Å². The molecular weight excluding hydrogens is 270 g/mol. The van der Waals surface area contributed by atoms with E-state index < -0.39 is 0 Å². The van der Waals surface area contributed by atoms with E-state index in [2.05, 4.69) is 59.7 Å². The molecule has 0 N–H and O–H groups in total. The summed E-state index contributed by atoms with van der Waals surface area (Å²) in [5.74, 6) is 0.205. The number of carbonyl (C=O) groups excluding carboxylic acids is 1. The molecule has 2 heteroatoms. The predicted octanol–water partition coefficient (Wildman–Crippen LogP) is 4.91. The quantitative estimate of drug-likeness (QED) is 0.722. The molecule has 1 fully saturated rings. The number of piperidine rings is 1. The Morgan fingerprint density at radius 1 is 0.818 bits per heavy atom. The molecule has 1 aliphatic heterocycles. The van der Waals surface area contributed by atoms with Crippen molar-refractivity contribution < 1.29 is 4.79 Å². The molecule has 22 heavy (non-hydrogen) atoms. The van der Waals surface area contributed by atoms with Crippen LogP contribution in [0.5, 0.6) is 0 Å². The number of hydrogen-bond donors (Lipinski definition) is 0. The fourth-order valence-electron chi connectivity index (χ4n) is 2.90. The lowest BCUT2D eigenvalue weighted by molar-refractivity contribution is 0.0724. The van der Waals surface area contributed by atoms with Gasteiger partial charge in [-0.2, -0.15) is 0 Å². The van der Waals surface area contributed by atoms with Gasteiger partial charge in [0, 0.05) is 18.7 Å². The molecule has 0 bridgehead atoms. The number of hydrogen-bond acceptors (Lipinski definition) is 1. The van der Waals surface area contributed by atoms with Crippen LogP contribution in [0.3, 0.4) is 0 Å². The van der Waals surface area contributed by atoms with Crippen LogP contribution in [-0.4, -0.2) is 23.9 Å².